The number of aryl methyl sites for hydroxylation is 1. The van der Waals surface area contributed by atoms with Gasteiger partial charge in [0.15, 0.2) is 6.10 Å². The summed E-state index contributed by atoms with van der Waals surface area (Å²) in [5.74, 6) is 0.950. The molecule has 2 unspecified atom stereocenters. The molecule has 0 bridgehead atoms. The first kappa shape index (κ1) is 20.6. The number of ether oxygens (including phenoxy) is 1. The van der Waals surface area contributed by atoms with Gasteiger partial charge in [0.2, 0.25) is 5.91 Å². The van der Waals surface area contributed by atoms with Gasteiger partial charge in [0.1, 0.15) is 5.75 Å². The van der Waals surface area contributed by atoms with Gasteiger partial charge < -0.3 is 14.5 Å². The molecule has 2 atom stereocenters. The van der Waals surface area contributed by atoms with Gasteiger partial charge in [0.05, 0.1) is 6.54 Å². The number of piperidine rings is 1. The molecule has 0 spiro atoms. The highest BCUT2D eigenvalue weighted by Gasteiger charge is 2.29. The fraction of sp³-hybridized carbons (Fsp3) is 0.636. The number of likely N-dealkylation sites (tertiary alicyclic amines) is 1. The minimum absolute atomic E-state index is 0.0104. The molecule has 6 nitrogen and oxygen atoms in total. The molecule has 2 aliphatic rings. The van der Waals surface area contributed by atoms with E-state index in [2.05, 4.69) is 11.8 Å². The van der Waals surface area contributed by atoms with E-state index in [1.807, 2.05) is 41.0 Å². The van der Waals surface area contributed by atoms with E-state index in [1.165, 1.54) is 6.42 Å². The van der Waals surface area contributed by atoms with E-state index < -0.39 is 6.10 Å². The Morgan fingerprint density at radius 1 is 1.07 bits per heavy atom. The van der Waals surface area contributed by atoms with Crippen molar-refractivity contribution in [3.63, 3.8) is 0 Å². The van der Waals surface area contributed by atoms with Gasteiger partial charge in [-0.1, -0.05) is 17.7 Å². The number of hydrogen-bond acceptors (Lipinski definition) is 4. The van der Waals surface area contributed by atoms with Gasteiger partial charge in [-0.2, -0.15) is 0 Å². The Kier molecular flexibility index (Phi) is 6.94. The van der Waals surface area contributed by atoms with E-state index in [9.17, 15) is 9.59 Å². The van der Waals surface area contributed by atoms with Crippen molar-refractivity contribution in [2.75, 3.05) is 39.3 Å². The minimum atomic E-state index is -0.509. The summed E-state index contributed by atoms with van der Waals surface area (Å²) in [6, 6.07) is 8.09. The van der Waals surface area contributed by atoms with Gasteiger partial charge in [-0.25, -0.2) is 0 Å². The van der Waals surface area contributed by atoms with E-state index in [4.69, 9.17) is 4.74 Å². The van der Waals surface area contributed by atoms with Crippen LogP contribution in [0.2, 0.25) is 0 Å². The molecule has 1 aromatic carbocycles. The maximum Gasteiger partial charge on any atom is 0.263 e. The van der Waals surface area contributed by atoms with Crippen molar-refractivity contribution in [2.45, 2.75) is 52.2 Å². The van der Waals surface area contributed by atoms with Crippen LogP contribution < -0.4 is 4.74 Å². The maximum atomic E-state index is 12.7. The quantitative estimate of drug-likeness (QED) is 0.778. The molecule has 6 heteroatoms. The molecule has 1 aromatic rings. The van der Waals surface area contributed by atoms with Crippen LogP contribution in [0.15, 0.2) is 24.3 Å². The first-order valence-electron chi connectivity index (χ1n) is 10.5. The number of piperazine rings is 1. The van der Waals surface area contributed by atoms with Crippen molar-refractivity contribution < 1.29 is 14.3 Å². The lowest BCUT2D eigenvalue weighted by atomic mass is 10.0. The predicted octanol–water partition coefficient (Wildman–Crippen LogP) is 2.31. The standard InChI is InChI=1S/C22H33N3O3/c1-17-7-9-20(10-8-17)28-19(3)22(27)24-14-12-23(13-15-24)16-21(26)25-11-5-4-6-18(25)2/h7-10,18-19H,4-6,11-16H2,1-3H3. The topological polar surface area (TPSA) is 53.1 Å². The molecule has 0 radical (unpaired) electrons. The first-order valence-corrected chi connectivity index (χ1v) is 10.5. The number of amides is 2. The van der Waals surface area contributed by atoms with Gasteiger partial charge in [0, 0.05) is 38.8 Å². The summed E-state index contributed by atoms with van der Waals surface area (Å²) in [6.07, 6.45) is 2.92. The second-order valence-corrected chi connectivity index (χ2v) is 8.11. The van der Waals surface area contributed by atoms with Crippen LogP contribution >= 0.6 is 0 Å². The van der Waals surface area contributed by atoms with Gasteiger partial charge >= 0.3 is 0 Å². The highest BCUT2D eigenvalue weighted by molar-refractivity contribution is 5.81. The molecule has 0 N–H and O–H groups in total. The molecule has 2 aliphatic heterocycles. The minimum Gasteiger partial charge on any atom is -0.481 e. The Morgan fingerprint density at radius 3 is 2.39 bits per heavy atom. The lowest BCUT2D eigenvalue weighted by Gasteiger charge is -2.38. The van der Waals surface area contributed by atoms with Crippen molar-refractivity contribution >= 4 is 11.8 Å². The summed E-state index contributed by atoms with van der Waals surface area (Å²) in [7, 11) is 0. The van der Waals surface area contributed by atoms with Crippen LogP contribution in [-0.4, -0.2) is 77.9 Å². The van der Waals surface area contributed by atoms with E-state index >= 15 is 0 Å². The molecule has 28 heavy (non-hydrogen) atoms. The van der Waals surface area contributed by atoms with Crippen molar-refractivity contribution in [1.29, 1.82) is 0 Å². The summed E-state index contributed by atoms with van der Waals surface area (Å²) in [5, 5.41) is 0. The second-order valence-electron chi connectivity index (χ2n) is 8.11. The van der Waals surface area contributed by atoms with Crippen molar-refractivity contribution in [2.24, 2.45) is 0 Å². The average Bonchev–Trinajstić information content (AvgIpc) is 2.70. The van der Waals surface area contributed by atoms with Crippen LogP contribution in [0.1, 0.15) is 38.7 Å². The van der Waals surface area contributed by atoms with Crippen LogP contribution in [0.3, 0.4) is 0 Å². The molecule has 0 aromatic heterocycles. The van der Waals surface area contributed by atoms with Crippen LogP contribution in [0.5, 0.6) is 5.75 Å². The van der Waals surface area contributed by atoms with Crippen LogP contribution in [-0.2, 0) is 9.59 Å². The molecule has 0 saturated carbocycles. The van der Waals surface area contributed by atoms with E-state index in [0.29, 0.717) is 31.4 Å². The Bertz CT molecular complexity index is 668. The molecule has 0 aliphatic carbocycles. The van der Waals surface area contributed by atoms with E-state index in [-0.39, 0.29) is 11.8 Å². The second kappa shape index (κ2) is 9.41. The summed E-state index contributed by atoms with van der Waals surface area (Å²) in [4.78, 5) is 31.3. The van der Waals surface area contributed by atoms with Crippen molar-refractivity contribution in [3.8, 4) is 5.75 Å². The Balaban J connectivity index is 1.44. The SMILES string of the molecule is Cc1ccc(OC(C)C(=O)N2CCN(CC(=O)N3CCCCC3C)CC2)cc1. The van der Waals surface area contributed by atoms with Crippen LogP contribution in [0.4, 0.5) is 0 Å². The summed E-state index contributed by atoms with van der Waals surface area (Å²) < 4.78 is 5.80. The molecular formula is C22H33N3O3. The lowest BCUT2D eigenvalue weighted by molar-refractivity contribution is -0.140. The smallest absolute Gasteiger partial charge is 0.263 e. The van der Waals surface area contributed by atoms with E-state index in [0.717, 1.165) is 38.0 Å². The molecule has 2 heterocycles. The third-order valence-corrected chi connectivity index (χ3v) is 5.85. The predicted molar refractivity (Wildman–Crippen MR) is 109 cm³/mol. The first-order chi connectivity index (χ1) is 13.4. The monoisotopic (exact) mass is 387 g/mol. The summed E-state index contributed by atoms with van der Waals surface area (Å²) in [6.45, 7) is 10.1. The third-order valence-electron chi connectivity index (χ3n) is 5.85. The summed E-state index contributed by atoms with van der Waals surface area (Å²) in [5.41, 5.74) is 1.16. The Labute approximate surface area is 168 Å². The number of rotatable bonds is 5. The van der Waals surface area contributed by atoms with Crippen LogP contribution in [0, 0.1) is 6.92 Å². The Hall–Kier alpha value is -2.08. The third kappa shape index (κ3) is 5.25. The number of carbonyl (C=O) groups is 2. The van der Waals surface area contributed by atoms with Gasteiger partial charge in [-0.3, -0.25) is 14.5 Å². The van der Waals surface area contributed by atoms with Gasteiger partial charge in [-0.05, 0) is 52.2 Å². The molecule has 2 fully saturated rings. The van der Waals surface area contributed by atoms with Gasteiger partial charge in [-0.15, -0.1) is 0 Å². The number of hydrogen-bond donors (Lipinski definition) is 0. The molecular weight excluding hydrogens is 354 g/mol. The summed E-state index contributed by atoms with van der Waals surface area (Å²) >= 11 is 0. The molecule has 2 saturated heterocycles. The fourth-order valence-electron chi connectivity index (χ4n) is 4.01. The fourth-order valence-corrected chi connectivity index (χ4v) is 4.01. The van der Waals surface area contributed by atoms with E-state index in [1.54, 1.807) is 6.92 Å². The molecule has 154 valence electrons. The highest BCUT2D eigenvalue weighted by atomic mass is 16.5. The maximum absolute atomic E-state index is 12.7. The number of carbonyl (C=O) groups excluding carboxylic acids is 2. The lowest BCUT2D eigenvalue weighted by Crippen LogP contribution is -2.54. The van der Waals surface area contributed by atoms with Gasteiger partial charge in [0.25, 0.3) is 5.91 Å². The zero-order chi connectivity index (χ0) is 20.1. The molecule has 2 amide bonds. The number of nitrogens with zero attached hydrogens (tertiary/aromatic N) is 3. The van der Waals surface area contributed by atoms with Crippen molar-refractivity contribution in [1.82, 2.24) is 14.7 Å². The number of benzene rings is 1. The average molecular weight is 388 g/mol. The largest absolute Gasteiger partial charge is 0.481 e. The zero-order valence-electron chi connectivity index (χ0n) is 17.4. The highest BCUT2D eigenvalue weighted by Crippen LogP contribution is 2.18. The molecule has 3 rings (SSSR count). The normalized spacial score (nSPS) is 22.0. The Morgan fingerprint density at radius 2 is 1.75 bits per heavy atom. The van der Waals surface area contributed by atoms with Crippen LogP contribution in [0.25, 0.3) is 0 Å². The zero-order valence-corrected chi connectivity index (χ0v) is 17.4. The van der Waals surface area contributed by atoms with Crippen molar-refractivity contribution in [3.05, 3.63) is 29.8 Å².